The number of furan rings is 1. The van der Waals surface area contributed by atoms with Crippen molar-refractivity contribution in [1.29, 1.82) is 0 Å². The molecule has 0 unspecified atom stereocenters. The van der Waals surface area contributed by atoms with E-state index >= 15 is 0 Å². The highest BCUT2D eigenvalue weighted by molar-refractivity contribution is 7.98. The van der Waals surface area contributed by atoms with E-state index in [-0.39, 0.29) is 17.7 Å². The molecule has 0 saturated carbocycles. The maximum absolute atomic E-state index is 13.8. The van der Waals surface area contributed by atoms with Crippen molar-refractivity contribution >= 4 is 41.1 Å². The van der Waals surface area contributed by atoms with Gasteiger partial charge in [-0.1, -0.05) is 47.7 Å². The van der Waals surface area contributed by atoms with Crippen LogP contribution in [0.25, 0.3) is 17.4 Å². The van der Waals surface area contributed by atoms with Crippen molar-refractivity contribution in [1.82, 2.24) is 4.57 Å². The van der Waals surface area contributed by atoms with Crippen LogP contribution in [0.4, 0.5) is 0 Å². The molecule has 0 bridgehead atoms. The number of carboxylic acid groups (broad SMARTS) is 1. The summed E-state index contributed by atoms with van der Waals surface area (Å²) in [5, 5.41) is 11.5. The number of hydrogen-bond donors (Lipinski definition) is 0. The van der Waals surface area contributed by atoms with Crippen LogP contribution >= 0.6 is 23.1 Å². The normalized spacial score (nSPS) is 15.2. The minimum Gasteiger partial charge on any atom is -0.545 e. The summed E-state index contributed by atoms with van der Waals surface area (Å²) in [6.45, 7) is 3.66. The average molecular weight is 560 g/mol. The Morgan fingerprint density at radius 1 is 1.15 bits per heavy atom. The second-order valence-corrected chi connectivity index (χ2v) is 10.5. The third-order valence-electron chi connectivity index (χ3n) is 6.26. The van der Waals surface area contributed by atoms with Gasteiger partial charge in [0.1, 0.15) is 11.5 Å². The number of esters is 1. The summed E-state index contributed by atoms with van der Waals surface area (Å²) in [4.78, 5) is 44.4. The maximum atomic E-state index is 13.8. The highest BCUT2D eigenvalue weighted by Crippen LogP contribution is 2.32. The van der Waals surface area contributed by atoms with Gasteiger partial charge in [0, 0.05) is 22.1 Å². The molecule has 8 nitrogen and oxygen atoms in total. The molecule has 0 N–H and O–H groups in total. The van der Waals surface area contributed by atoms with Crippen molar-refractivity contribution < 1.29 is 23.8 Å². The van der Waals surface area contributed by atoms with Crippen LogP contribution in [-0.4, -0.2) is 29.4 Å². The zero-order valence-corrected chi connectivity index (χ0v) is 22.9. The molecule has 0 amide bonds. The molecule has 1 aliphatic rings. The first kappa shape index (κ1) is 26.5. The molecule has 1 aliphatic heterocycles. The van der Waals surface area contributed by atoms with Gasteiger partial charge in [0.2, 0.25) is 0 Å². The van der Waals surface area contributed by atoms with E-state index in [2.05, 4.69) is 4.99 Å². The molecule has 2 aromatic heterocycles. The van der Waals surface area contributed by atoms with Crippen molar-refractivity contribution in [3.63, 3.8) is 0 Å². The number of hydrogen-bond acceptors (Lipinski definition) is 9. The van der Waals surface area contributed by atoms with Gasteiger partial charge in [-0.15, -0.1) is 11.8 Å². The number of aromatic nitrogens is 1. The lowest BCUT2D eigenvalue weighted by Crippen LogP contribution is -2.39. The molecule has 1 atom stereocenters. The number of allylic oxidation sites excluding steroid dienone is 1. The van der Waals surface area contributed by atoms with E-state index in [1.165, 1.54) is 22.0 Å². The molecule has 10 heteroatoms. The fourth-order valence-electron chi connectivity index (χ4n) is 4.47. The SMILES string of the molecule is CCOC(=O)C1=C(C)N=c2s/c(=C\c3ccc(-c4ccccc4C(=O)[O-])o3)c(=O)n2[C@@H]1c1ccc(SC)cc1. The number of fused-ring (bicyclic) bond motifs is 1. The summed E-state index contributed by atoms with van der Waals surface area (Å²) in [7, 11) is 0. The molecule has 0 radical (unpaired) electrons. The van der Waals surface area contributed by atoms with Gasteiger partial charge in [-0.2, -0.15) is 0 Å². The second-order valence-electron chi connectivity index (χ2n) is 8.61. The van der Waals surface area contributed by atoms with Crippen LogP contribution < -0.4 is 20.0 Å². The van der Waals surface area contributed by atoms with E-state index in [0.29, 0.717) is 37.7 Å². The fraction of sp³-hybridized carbons (Fsp3) is 0.172. The van der Waals surface area contributed by atoms with E-state index in [4.69, 9.17) is 9.15 Å². The van der Waals surface area contributed by atoms with Crippen LogP contribution in [0.5, 0.6) is 0 Å². The molecular formula is C29H23N2O6S2-. The highest BCUT2D eigenvalue weighted by atomic mass is 32.2. The lowest BCUT2D eigenvalue weighted by molar-refractivity contribution is -0.255. The van der Waals surface area contributed by atoms with Gasteiger partial charge in [0.15, 0.2) is 4.80 Å². The minimum atomic E-state index is -1.31. The first-order valence-corrected chi connectivity index (χ1v) is 14.1. The van der Waals surface area contributed by atoms with Crippen LogP contribution in [-0.2, 0) is 9.53 Å². The van der Waals surface area contributed by atoms with Gasteiger partial charge in [0.05, 0.1) is 34.4 Å². The van der Waals surface area contributed by atoms with Gasteiger partial charge >= 0.3 is 5.97 Å². The highest BCUT2D eigenvalue weighted by Gasteiger charge is 2.33. The molecule has 0 saturated heterocycles. The predicted molar refractivity (Wildman–Crippen MR) is 147 cm³/mol. The molecule has 5 rings (SSSR count). The Kier molecular flexibility index (Phi) is 7.40. The number of thioether (sulfide) groups is 1. The number of carbonyl (C=O) groups is 2. The summed E-state index contributed by atoms with van der Waals surface area (Å²) in [6.07, 6.45) is 3.57. The number of ether oxygens (including phenoxy) is 1. The van der Waals surface area contributed by atoms with Gasteiger partial charge in [-0.3, -0.25) is 9.36 Å². The average Bonchev–Trinajstić information content (AvgIpc) is 3.52. The fourth-order valence-corrected chi connectivity index (χ4v) is 5.91. The Labute approximate surface area is 231 Å². The maximum Gasteiger partial charge on any atom is 0.338 e. The minimum absolute atomic E-state index is 0.00670. The van der Waals surface area contributed by atoms with Crippen molar-refractivity contribution in [2.24, 2.45) is 4.99 Å². The second kappa shape index (κ2) is 10.9. The Morgan fingerprint density at radius 2 is 1.90 bits per heavy atom. The molecular weight excluding hydrogens is 536 g/mol. The summed E-state index contributed by atoms with van der Waals surface area (Å²) in [5.41, 5.74) is 1.61. The van der Waals surface area contributed by atoms with Crippen LogP contribution in [0.2, 0.25) is 0 Å². The van der Waals surface area contributed by atoms with E-state index in [1.54, 1.807) is 62.0 Å². The predicted octanol–water partition coefficient (Wildman–Crippen LogP) is 3.14. The van der Waals surface area contributed by atoms with Crippen LogP contribution in [0.15, 0.2) is 91.0 Å². The number of benzene rings is 2. The standard InChI is InChI=1S/C29H24N2O6S2/c1-4-36-28(35)24-16(2)30-29-31(25(24)17-9-12-19(38-3)13-10-17)26(32)23(39-29)15-18-11-14-22(37-18)20-7-5-6-8-21(20)27(33)34/h5-15,25H,4H2,1-3H3,(H,33,34)/p-1/b23-15-/t25-/m1/s1. The van der Waals surface area contributed by atoms with Crippen molar-refractivity contribution in [3.8, 4) is 11.3 Å². The lowest BCUT2D eigenvalue weighted by Gasteiger charge is -2.24. The van der Waals surface area contributed by atoms with Gasteiger partial charge in [0.25, 0.3) is 5.56 Å². The summed E-state index contributed by atoms with van der Waals surface area (Å²) in [5.74, 6) is -1.13. The zero-order valence-electron chi connectivity index (χ0n) is 21.3. The summed E-state index contributed by atoms with van der Waals surface area (Å²) < 4.78 is 13.1. The topological polar surface area (TPSA) is 114 Å². The van der Waals surface area contributed by atoms with E-state index < -0.39 is 18.0 Å². The third-order valence-corrected chi connectivity index (χ3v) is 7.99. The first-order valence-electron chi connectivity index (χ1n) is 12.1. The van der Waals surface area contributed by atoms with Crippen molar-refractivity contribution in [2.75, 3.05) is 12.9 Å². The molecule has 0 spiro atoms. The summed E-state index contributed by atoms with van der Waals surface area (Å²) in [6, 6.07) is 16.7. The number of thiazole rings is 1. The molecule has 4 aromatic rings. The molecule has 2 aromatic carbocycles. The number of rotatable bonds is 7. The smallest absolute Gasteiger partial charge is 0.338 e. The number of carboxylic acids is 1. The lowest BCUT2D eigenvalue weighted by atomic mass is 9.96. The van der Waals surface area contributed by atoms with Crippen molar-refractivity contribution in [3.05, 3.63) is 109 Å². The number of carbonyl (C=O) groups excluding carboxylic acids is 2. The van der Waals surface area contributed by atoms with Gasteiger partial charge in [-0.05, 0) is 49.9 Å². The molecule has 0 aliphatic carbocycles. The monoisotopic (exact) mass is 559 g/mol. The first-order chi connectivity index (χ1) is 18.8. The summed E-state index contributed by atoms with van der Waals surface area (Å²) >= 11 is 2.78. The zero-order chi connectivity index (χ0) is 27.7. The van der Waals surface area contributed by atoms with Crippen LogP contribution in [0.1, 0.15) is 41.6 Å². The van der Waals surface area contributed by atoms with E-state index in [0.717, 1.165) is 10.5 Å². The Morgan fingerprint density at radius 3 is 2.59 bits per heavy atom. The van der Waals surface area contributed by atoms with Crippen LogP contribution in [0.3, 0.4) is 0 Å². The van der Waals surface area contributed by atoms with Gasteiger partial charge in [-0.25, -0.2) is 9.79 Å². The molecule has 39 heavy (non-hydrogen) atoms. The van der Waals surface area contributed by atoms with E-state index in [9.17, 15) is 19.5 Å². The molecule has 198 valence electrons. The van der Waals surface area contributed by atoms with Gasteiger partial charge < -0.3 is 19.1 Å². The third kappa shape index (κ3) is 5.00. The molecule has 3 heterocycles. The molecule has 0 fully saturated rings. The Balaban J connectivity index is 1.63. The van der Waals surface area contributed by atoms with Crippen molar-refractivity contribution in [2.45, 2.75) is 24.8 Å². The quantitative estimate of drug-likeness (QED) is 0.252. The largest absolute Gasteiger partial charge is 0.545 e. The number of nitrogens with zero attached hydrogens (tertiary/aromatic N) is 2. The Hall–Kier alpha value is -4.15. The Bertz CT molecular complexity index is 1790. The van der Waals surface area contributed by atoms with E-state index in [1.807, 2.05) is 30.5 Å². The van der Waals surface area contributed by atoms with Crippen LogP contribution in [0, 0.1) is 0 Å². The number of aromatic carboxylic acids is 1.